The molecule has 0 spiro atoms. The van der Waals surface area contributed by atoms with Crippen molar-refractivity contribution in [3.8, 4) is 11.5 Å². The summed E-state index contributed by atoms with van der Waals surface area (Å²) in [5.74, 6) is 0.164. The largest absolute Gasteiger partial charge is 0.497 e. The summed E-state index contributed by atoms with van der Waals surface area (Å²) < 4.78 is 15.5. The lowest BCUT2D eigenvalue weighted by atomic mass is 10.0. The summed E-state index contributed by atoms with van der Waals surface area (Å²) >= 11 is 6.09. The lowest BCUT2D eigenvalue weighted by molar-refractivity contribution is -0.136. The summed E-state index contributed by atoms with van der Waals surface area (Å²) in [5, 5.41) is 0.483. The molecule has 0 atom stereocenters. The minimum atomic E-state index is -0.598. The van der Waals surface area contributed by atoms with Crippen LogP contribution in [-0.2, 0) is 14.3 Å². The Balaban J connectivity index is 2.16. The zero-order chi connectivity index (χ0) is 21.1. The molecule has 3 rings (SSSR count). The summed E-state index contributed by atoms with van der Waals surface area (Å²) in [4.78, 5) is 27.2. The van der Waals surface area contributed by atoms with Crippen LogP contribution >= 0.6 is 11.6 Å². The van der Waals surface area contributed by atoms with Crippen molar-refractivity contribution in [2.75, 3.05) is 26.2 Å². The number of benzene rings is 2. The van der Waals surface area contributed by atoms with Crippen LogP contribution in [0, 0.1) is 0 Å². The molecule has 0 saturated carbocycles. The second-order valence-corrected chi connectivity index (χ2v) is 6.67. The van der Waals surface area contributed by atoms with Crippen molar-refractivity contribution in [1.29, 1.82) is 0 Å². The molecular weight excluding hydrogens is 394 g/mol. The molecule has 0 bridgehead atoms. The Bertz CT molecular complexity index is 1040. The zero-order valence-corrected chi connectivity index (χ0v) is 17.2. The predicted octanol–water partition coefficient (Wildman–Crippen LogP) is 4.23. The topological polar surface area (TPSA) is 65.1 Å². The van der Waals surface area contributed by atoms with Crippen LogP contribution < -0.4 is 14.4 Å². The van der Waals surface area contributed by atoms with Gasteiger partial charge in [0.1, 0.15) is 11.5 Å². The molecule has 2 aromatic carbocycles. The van der Waals surface area contributed by atoms with Crippen LogP contribution in [0.4, 0.5) is 5.69 Å². The van der Waals surface area contributed by atoms with Crippen molar-refractivity contribution in [2.24, 2.45) is 0 Å². The summed E-state index contributed by atoms with van der Waals surface area (Å²) in [6.07, 6.45) is 1.61. The Hall–Kier alpha value is -3.25. The fraction of sp³-hybridized carbons (Fsp3) is 0.182. The van der Waals surface area contributed by atoms with Crippen LogP contribution in [-0.4, -0.2) is 33.2 Å². The van der Waals surface area contributed by atoms with Gasteiger partial charge in [0.05, 0.1) is 38.2 Å². The number of rotatable bonds is 5. The molecular formula is C22H20ClNO5. The first kappa shape index (κ1) is 20.5. The van der Waals surface area contributed by atoms with E-state index in [2.05, 4.69) is 0 Å². The highest BCUT2D eigenvalue weighted by atomic mass is 35.5. The lowest BCUT2D eigenvalue weighted by Crippen LogP contribution is -2.24. The molecule has 0 radical (unpaired) electrons. The normalized spacial score (nSPS) is 15.1. The van der Waals surface area contributed by atoms with Gasteiger partial charge in [0.25, 0.3) is 5.91 Å². The maximum Gasteiger partial charge on any atom is 0.340 e. The fourth-order valence-corrected chi connectivity index (χ4v) is 3.38. The molecule has 0 saturated heterocycles. The molecule has 0 fully saturated rings. The lowest BCUT2D eigenvalue weighted by Gasteiger charge is -2.18. The summed E-state index contributed by atoms with van der Waals surface area (Å²) in [7, 11) is 4.35. The number of hydrogen-bond acceptors (Lipinski definition) is 5. The van der Waals surface area contributed by atoms with E-state index in [1.165, 1.54) is 19.1 Å². The van der Waals surface area contributed by atoms with Crippen molar-refractivity contribution in [3.63, 3.8) is 0 Å². The Morgan fingerprint density at radius 1 is 1.07 bits per heavy atom. The van der Waals surface area contributed by atoms with E-state index in [4.69, 9.17) is 25.8 Å². The number of carbonyl (C=O) groups is 2. The second-order valence-electron chi connectivity index (χ2n) is 6.24. The summed E-state index contributed by atoms with van der Waals surface area (Å²) in [6.45, 7) is 1.69. The van der Waals surface area contributed by atoms with Gasteiger partial charge in [0, 0.05) is 22.3 Å². The molecule has 7 heteroatoms. The van der Waals surface area contributed by atoms with Gasteiger partial charge in [-0.1, -0.05) is 17.7 Å². The van der Waals surface area contributed by atoms with Gasteiger partial charge in [0.2, 0.25) is 0 Å². The van der Waals surface area contributed by atoms with Gasteiger partial charge < -0.3 is 14.2 Å². The number of esters is 1. The number of nitrogens with zero attached hydrogens (tertiary/aromatic N) is 1. The van der Waals surface area contributed by atoms with Crippen LogP contribution in [0.1, 0.15) is 12.5 Å². The number of carbonyl (C=O) groups excluding carboxylic acids is 2. The smallest absolute Gasteiger partial charge is 0.340 e. The Morgan fingerprint density at radius 2 is 1.83 bits per heavy atom. The quantitative estimate of drug-likeness (QED) is 0.542. The standard InChI is InChI=1S/C22H20ClNO5/c1-13-20(22(26)29-4)18(10-14-8-9-17(27-2)12-19(14)28-3)21(25)24(13)16-7-5-6-15(23)11-16/h5-12H,1-4H3/b18-10-. The fourth-order valence-electron chi connectivity index (χ4n) is 3.20. The average molecular weight is 414 g/mol. The third kappa shape index (κ3) is 3.84. The number of allylic oxidation sites excluding steroid dienone is 1. The Morgan fingerprint density at radius 3 is 2.45 bits per heavy atom. The molecule has 6 nitrogen and oxygen atoms in total. The molecule has 1 aliphatic heterocycles. The molecule has 0 aliphatic carbocycles. The molecule has 0 aromatic heterocycles. The first-order valence-electron chi connectivity index (χ1n) is 8.74. The Kier molecular flexibility index (Phi) is 5.94. The Labute approximate surface area is 173 Å². The van der Waals surface area contributed by atoms with E-state index >= 15 is 0 Å². The van der Waals surface area contributed by atoms with E-state index in [1.807, 2.05) is 0 Å². The van der Waals surface area contributed by atoms with Gasteiger partial charge >= 0.3 is 5.97 Å². The SMILES string of the molecule is COC(=O)C1=C(C)N(c2cccc(Cl)c2)C(=O)/C1=C\c1ccc(OC)cc1OC. The molecule has 1 aliphatic rings. The van der Waals surface area contributed by atoms with Gasteiger partial charge in [0.15, 0.2) is 0 Å². The minimum Gasteiger partial charge on any atom is -0.497 e. The van der Waals surface area contributed by atoms with Crippen molar-refractivity contribution < 1.29 is 23.8 Å². The van der Waals surface area contributed by atoms with Crippen LogP contribution in [0.3, 0.4) is 0 Å². The molecule has 1 heterocycles. The summed E-state index contributed by atoms with van der Waals surface area (Å²) in [5.41, 5.74) is 2.04. The first-order valence-corrected chi connectivity index (χ1v) is 9.12. The first-order chi connectivity index (χ1) is 13.9. The zero-order valence-electron chi connectivity index (χ0n) is 16.5. The van der Waals surface area contributed by atoms with Gasteiger partial charge in [-0.05, 0) is 43.3 Å². The highest BCUT2D eigenvalue weighted by Crippen LogP contribution is 2.37. The van der Waals surface area contributed by atoms with E-state index in [0.717, 1.165) is 0 Å². The van der Waals surface area contributed by atoms with Gasteiger partial charge in [-0.3, -0.25) is 9.69 Å². The van der Waals surface area contributed by atoms with Crippen molar-refractivity contribution >= 4 is 35.2 Å². The van der Waals surface area contributed by atoms with Crippen molar-refractivity contribution in [3.05, 3.63) is 69.9 Å². The number of anilines is 1. The summed E-state index contributed by atoms with van der Waals surface area (Å²) in [6, 6.07) is 12.1. The number of ether oxygens (including phenoxy) is 3. The van der Waals surface area contributed by atoms with Gasteiger partial charge in [-0.2, -0.15) is 0 Å². The van der Waals surface area contributed by atoms with E-state index in [9.17, 15) is 9.59 Å². The number of amides is 1. The maximum absolute atomic E-state index is 13.3. The van der Waals surface area contributed by atoms with E-state index in [-0.39, 0.29) is 17.1 Å². The van der Waals surface area contributed by atoms with Crippen LogP contribution in [0.5, 0.6) is 11.5 Å². The van der Waals surface area contributed by atoms with Gasteiger partial charge in [-0.15, -0.1) is 0 Å². The third-order valence-corrected chi connectivity index (χ3v) is 4.83. The number of halogens is 1. The third-order valence-electron chi connectivity index (χ3n) is 4.60. The predicted molar refractivity (Wildman–Crippen MR) is 111 cm³/mol. The minimum absolute atomic E-state index is 0.190. The highest BCUT2D eigenvalue weighted by Gasteiger charge is 2.38. The van der Waals surface area contributed by atoms with E-state index < -0.39 is 5.97 Å². The van der Waals surface area contributed by atoms with Crippen LogP contribution in [0.25, 0.3) is 6.08 Å². The van der Waals surface area contributed by atoms with Crippen molar-refractivity contribution in [2.45, 2.75) is 6.92 Å². The van der Waals surface area contributed by atoms with Crippen molar-refractivity contribution in [1.82, 2.24) is 0 Å². The maximum atomic E-state index is 13.3. The highest BCUT2D eigenvalue weighted by molar-refractivity contribution is 6.31. The van der Waals surface area contributed by atoms with Crippen LogP contribution in [0.15, 0.2) is 59.3 Å². The second kappa shape index (κ2) is 8.41. The number of hydrogen-bond donors (Lipinski definition) is 0. The molecule has 29 heavy (non-hydrogen) atoms. The molecule has 2 aromatic rings. The molecule has 0 N–H and O–H groups in total. The monoisotopic (exact) mass is 413 g/mol. The number of methoxy groups -OCH3 is 3. The van der Waals surface area contributed by atoms with Crippen LogP contribution in [0.2, 0.25) is 5.02 Å². The average Bonchev–Trinajstić information content (AvgIpc) is 2.97. The molecule has 1 amide bonds. The van der Waals surface area contributed by atoms with E-state index in [1.54, 1.807) is 62.6 Å². The molecule has 150 valence electrons. The van der Waals surface area contributed by atoms with Gasteiger partial charge in [-0.25, -0.2) is 4.79 Å². The molecule has 0 unspecified atom stereocenters. The van der Waals surface area contributed by atoms with E-state index in [0.29, 0.717) is 33.5 Å².